The zero-order valence-electron chi connectivity index (χ0n) is 18.2. The molecule has 3 atom stereocenters. The van der Waals surface area contributed by atoms with Crippen LogP contribution < -0.4 is 15.0 Å². The van der Waals surface area contributed by atoms with E-state index in [2.05, 4.69) is 12.2 Å². The lowest BCUT2D eigenvalue weighted by Gasteiger charge is -2.25. The Bertz CT molecular complexity index is 1050. The largest absolute Gasteiger partial charge is 0.497 e. The van der Waals surface area contributed by atoms with Gasteiger partial charge in [0.1, 0.15) is 11.4 Å². The highest BCUT2D eigenvalue weighted by Crippen LogP contribution is 2.43. The van der Waals surface area contributed by atoms with Crippen molar-refractivity contribution >= 4 is 28.9 Å². The molecule has 2 fully saturated rings. The lowest BCUT2D eigenvalue weighted by molar-refractivity contribution is -0.383. The SMILES string of the molecule is COc1cccc(CCNc2ccc(N3C(=O)[C@H]4C[C@@H](C)CC[C@H]4C3=O)cc2[N+](=O)[O-])c1. The topological polar surface area (TPSA) is 102 Å². The third-order valence-corrected chi connectivity index (χ3v) is 6.49. The van der Waals surface area contributed by atoms with Gasteiger partial charge < -0.3 is 10.1 Å². The van der Waals surface area contributed by atoms with E-state index in [-0.39, 0.29) is 35.0 Å². The first-order chi connectivity index (χ1) is 15.4. The van der Waals surface area contributed by atoms with Gasteiger partial charge in [-0.25, -0.2) is 4.90 Å². The summed E-state index contributed by atoms with van der Waals surface area (Å²) in [4.78, 5) is 38.3. The van der Waals surface area contributed by atoms with Gasteiger partial charge in [0.15, 0.2) is 0 Å². The molecule has 1 N–H and O–H groups in total. The number of hydrogen-bond donors (Lipinski definition) is 1. The molecule has 2 aliphatic rings. The molecule has 1 aliphatic heterocycles. The zero-order valence-corrected chi connectivity index (χ0v) is 18.2. The van der Waals surface area contributed by atoms with E-state index in [4.69, 9.17) is 4.74 Å². The van der Waals surface area contributed by atoms with E-state index in [1.165, 1.54) is 6.07 Å². The van der Waals surface area contributed by atoms with Gasteiger partial charge >= 0.3 is 0 Å². The van der Waals surface area contributed by atoms with Crippen LogP contribution in [0, 0.1) is 27.9 Å². The average molecular weight is 437 g/mol. The van der Waals surface area contributed by atoms with Crippen LogP contribution in [-0.4, -0.2) is 30.4 Å². The summed E-state index contributed by atoms with van der Waals surface area (Å²) < 4.78 is 5.22. The molecule has 1 aliphatic carbocycles. The van der Waals surface area contributed by atoms with Gasteiger partial charge in [-0.1, -0.05) is 19.1 Å². The van der Waals surface area contributed by atoms with Crippen molar-refractivity contribution in [2.75, 3.05) is 23.9 Å². The number of rotatable bonds is 7. The molecule has 4 rings (SSSR count). The molecule has 0 aromatic heterocycles. The second kappa shape index (κ2) is 8.98. The van der Waals surface area contributed by atoms with E-state index in [0.29, 0.717) is 37.4 Å². The molecule has 1 heterocycles. The fourth-order valence-electron chi connectivity index (χ4n) is 4.77. The maximum atomic E-state index is 13.0. The van der Waals surface area contributed by atoms with Gasteiger partial charge in [-0.15, -0.1) is 0 Å². The standard InChI is InChI=1S/C24H27N3O5/c1-15-6-8-19-20(12-15)24(29)26(23(19)28)17-7-9-21(22(14-17)27(30)31)25-11-10-16-4-3-5-18(13-16)32-2/h3-5,7,9,13-15,19-20,25H,6,8,10-12H2,1-2H3/t15-,19+,20-/m0/s1. The van der Waals surface area contributed by atoms with E-state index >= 15 is 0 Å². The van der Waals surface area contributed by atoms with Crippen molar-refractivity contribution in [1.29, 1.82) is 0 Å². The number of anilines is 2. The molecular formula is C24H27N3O5. The van der Waals surface area contributed by atoms with Gasteiger partial charge in [-0.05, 0) is 61.4 Å². The third-order valence-electron chi connectivity index (χ3n) is 6.49. The Balaban J connectivity index is 1.51. The van der Waals surface area contributed by atoms with Crippen LogP contribution in [0.25, 0.3) is 0 Å². The number of carbonyl (C=O) groups excluding carboxylic acids is 2. The number of hydrogen-bond acceptors (Lipinski definition) is 6. The number of ether oxygens (including phenoxy) is 1. The first kappa shape index (κ1) is 21.8. The molecule has 1 saturated heterocycles. The predicted octanol–water partition coefficient (Wildman–Crippen LogP) is 4.18. The van der Waals surface area contributed by atoms with Crippen molar-refractivity contribution in [3.8, 4) is 5.75 Å². The van der Waals surface area contributed by atoms with Crippen molar-refractivity contribution in [3.05, 3.63) is 58.1 Å². The number of nitro groups is 1. The van der Waals surface area contributed by atoms with Crippen LogP contribution in [0.2, 0.25) is 0 Å². The monoisotopic (exact) mass is 437 g/mol. The number of nitrogens with zero attached hydrogens (tertiary/aromatic N) is 2. The minimum atomic E-state index is -0.489. The van der Waals surface area contributed by atoms with Gasteiger partial charge in [-0.3, -0.25) is 19.7 Å². The molecule has 0 radical (unpaired) electrons. The number of imide groups is 1. The molecule has 8 nitrogen and oxygen atoms in total. The smallest absolute Gasteiger partial charge is 0.294 e. The van der Waals surface area contributed by atoms with Crippen LogP contribution in [0.15, 0.2) is 42.5 Å². The van der Waals surface area contributed by atoms with E-state index in [0.717, 1.165) is 22.6 Å². The second-order valence-electron chi connectivity index (χ2n) is 8.63. The Morgan fingerprint density at radius 3 is 2.66 bits per heavy atom. The first-order valence-electron chi connectivity index (χ1n) is 10.9. The van der Waals surface area contributed by atoms with Crippen LogP contribution in [0.5, 0.6) is 5.75 Å². The quantitative estimate of drug-likeness (QED) is 0.396. The minimum Gasteiger partial charge on any atom is -0.497 e. The molecule has 168 valence electrons. The summed E-state index contributed by atoms with van der Waals surface area (Å²) >= 11 is 0. The molecular weight excluding hydrogens is 410 g/mol. The zero-order chi connectivity index (χ0) is 22.8. The number of nitro benzene ring substituents is 1. The highest BCUT2D eigenvalue weighted by Gasteiger charge is 2.50. The fraction of sp³-hybridized carbons (Fsp3) is 0.417. The Labute approximate surface area is 186 Å². The average Bonchev–Trinajstić information content (AvgIpc) is 3.03. The highest BCUT2D eigenvalue weighted by molar-refractivity contribution is 6.22. The molecule has 0 bridgehead atoms. The normalized spacial score (nSPS) is 22.6. The van der Waals surface area contributed by atoms with Gasteiger partial charge in [0, 0.05) is 12.6 Å². The van der Waals surface area contributed by atoms with Gasteiger partial charge in [0.25, 0.3) is 5.69 Å². The molecule has 2 aromatic carbocycles. The maximum Gasteiger partial charge on any atom is 0.294 e. The minimum absolute atomic E-state index is 0.156. The summed E-state index contributed by atoms with van der Waals surface area (Å²) in [7, 11) is 1.60. The summed E-state index contributed by atoms with van der Waals surface area (Å²) in [6, 6.07) is 12.1. The van der Waals surface area contributed by atoms with Gasteiger partial charge in [-0.2, -0.15) is 0 Å². The molecule has 1 saturated carbocycles. The summed E-state index contributed by atoms with van der Waals surface area (Å²) in [5.41, 5.74) is 1.51. The summed E-state index contributed by atoms with van der Waals surface area (Å²) in [6.45, 7) is 2.57. The second-order valence-corrected chi connectivity index (χ2v) is 8.63. The molecule has 2 aromatic rings. The highest BCUT2D eigenvalue weighted by atomic mass is 16.6. The predicted molar refractivity (Wildman–Crippen MR) is 121 cm³/mol. The van der Waals surface area contributed by atoms with E-state index in [9.17, 15) is 19.7 Å². The van der Waals surface area contributed by atoms with Crippen LogP contribution >= 0.6 is 0 Å². The number of fused-ring (bicyclic) bond motifs is 1. The third kappa shape index (κ3) is 4.17. The Morgan fingerprint density at radius 1 is 1.12 bits per heavy atom. The van der Waals surface area contributed by atoms with Crippen LogP contribution in [0.3, 0.4) is 0 Å². The lowest BCUT2D eigenvalue weighted by atomic mass is 9.76. The van der Waals surface area contributed by atoms with Crippen LogP contribution in [0.1, 0.15) is 31.7 Å². The van der Waals surface area contributed by atoms with Crippen LogP contribution in [0.4, 0.5) is 17.1 Å². The van der Waals surface area contributed by atoms with Crippen molar-refractivity contribution in [2.45, 2.75) is 32.6 Å². The van der Waals surface area contributed by atoms with E-state index in [1.54, 1.807) is 19.2 Å². The molecule has 32 heavy (non-hydrogen) atoms. The van der Waals surface area contributed by atoms with E-state index < -0.39 is 4.92 Å². The summed E-state index contributed by atoms with van der Waals surface area (Å²) in [5, 5.41) is 14.8. The Hall–Kier alpha value is -3.42. The van der Waals surface area contributed by atoms with Crippen molar-refractivity contribution in [2.24, 2.45) is 17.8 Å². The molecule has 2 amide bonds. The Morgan fingerprint density at radius 2 is 1.91 bits per heavy atom. The number of nitrogens with one attached hydrogen (secondary N) is 1. The summed E-state index contributed by atoms with van der Waals surface area (Å²) in [5.74, 6) is 0.0649. The number of amides is 2. The van der Waals surface area contributed by atoms with Crippen LogP contribution in [-0.2, 0) is 16.0 Å². The fourth-order valence-corrected chi connectivity index (χ4v) is 4.77. The van der Waals surface area contributed by atoms with E-state index in [1.807, 2.05) is 24.3 Å². The van der Waals surface area contributed by atoms with Crippen molar-refractivity contribution in [1.82, 2.24) is 0 Å². The Kier molecular flexibility index (Phi) is 6.12. The number of carbonyl (C=O) groups is 2. The molecule has 0 spiro atoms. The number of benzene rings is 2. The first-order valence-corrected chi connectivity index (χ1v) is 10.9. The van der Waals surface area contributed by atoms with Gasteiger partial charge in [0.05, 0.1) is 29.6 Å². The lowest BCUT2D eigenvalue weighted by Crippen LogP contribution is -2.31. The maximum absolute atomic E-state index is 13.0. The molecule has 8 heteroatoms. The molecule has 0 unspecified atom stereocenters. The number of methoxy groups -OCH3 is 1. The summed E-state index contributed by atoms with van der Waals surface area (Å²) in [6.07, 6.45) is 2.96. The van der Waals surface area contributed by atoms with Crippen molar-refractivity contribution < 1.29 is 19.2 Å². The van der Waals surface area contributed by atoms with Crippen molar-refractivity contribution in [3.63, 3.8) is 0 Å². The van der Waals surface area contributed by atoms with Gasteiger partial charge in [0.2, 0.25) is 11.8 Å².